The van der Waals surface area contributed by atoms with Gasteiger partial charge in [-0.1, -0.05) is 0 Å². The fraction of sp³-hybridized carbons (Fsp3) is 0.182. The van der Waals surface area contributed by atoms with Crippen molar-refractivity contribution in [2.45, 2.75) is 12.5 Å². The first kappa shape index (κ1) is 18.1. The molecule has 0 saturated carbocycles. The fourth-order valence-corrected chi connectivity index (χ4v) is 3.59. The van der Waals surface area contributed by atoms with Gasteiger partial charge in [0.2, 0.25) is 5.95 Å². The van der Waals surface area contributed by atoms with Crippen LogP contribution in [0.1, 0.15) is 16.9 Å². The Hall–Kier alpha value is -3.94. The molecule has 1 saturated heterocycles. The topological polar surface area (TPSA) is 96.8 Å². The van der Waals surface area contributed by atoms with E-state index < -0.39 is 0 Å². The Morgan fingerprint density at radius 1 is 1.00 bits per heavy atom. The highest BCUT2D eigenvalue weighted by molar-refractivity contribution is 5.95. The third kappa shape index (κ3) is 3.67. The first-order chi connectivity index (χ1) is 14.8. The van der Waals surface area contributed by atoms with Crippen molar-refractivity contribution in [3.8, 4) is 11.3 Å². The van der Waals surface area contributed by atoms with Crippen LogP contribution >= 0.6 is 0 Å². The summed E-state index contributed by atoms with van der Waals surface area (Å²) in [5.41, 5.74) is 2.94. The number of hydrogen-bond acceptors (Lipinski definition) is 7. The van der Waals surface area contributed by atoms with E-state index >= 15 is 0 Å². The summed E-state index contributed by atoms with van der Waals surface area (Å²) in [5, 5.41) is 3.99. The lowest BCUT2D eigenvalue weighted by Crippen LogP contribution is -2.37. The van der Waals surface area contributed by atoms with Gasteiger partial charge < -0.3 is 10.2 Å². The van der Waals surface area contributed by atoms with Gasteiger partial charge in [0, 0.05) is 61.1 Å². The summed E-state index contributed by atoms with van der Waals surface area (Å²) in [6.45, 7) is 1.43. The van der Waals surface area contributed by atoms with Crippen LogP contribution in [0.3, 0.4) is 0 Å². The molecule has 0 aliphatic carbocycles. The monoisotopic (exact) mass is 397 g/mol. The molecule has 5 rings (SSSR count). The van der Waals surface area contributed by atoms with E-state index in [-0.39, 0.29) is 11.9 Å². The number of pyridine rings is 3. The second kappa shape index (κ2) is 7.82. The van der Waals surface area contributed by atoms with E-state index in [1.807, 2.05) is 24.3 Å². The molecule has 1 amide bonds. The van der Waals surface area contributed by atoms with Crippen molar-refractivity contribution >= 4 is 22.8 Å². The number of amides is 1. The maximum absolute atomic E-state index is 12.7. The lowest BCUT2D eigenvalue weighted by atomic mass is 10.2. The van der Waals surface area contributed by atoms with Crippen LogP contribution in [-0.2, 0) is 0 Å². The van der Waals surface area contributed by atoms with Crippen molar-refractivity contribution in [1.29, 1.82) is 0 Å². The number of carbonyl (C=O) groups excluding carboxylic acids is 1. The molecule has 1 aliphatic rings. The SMILES string of the molecule is O=C(NC1CCN(c2nccc(-c3cccnc3)n2)C1)c1ccc2cnccc2n1. The molecule has 0 radical (unpaired) electrons. The van der Waals surface area contributed by atoms with Gasteiger partial charge in [-0.2, -0.15) is 0 Å². The highest BCUT2D eigenvalue weighted by Gasteiger charge is 2.26. The predicted molar refractivity (Wildman–Crippen MR) is 113 cm³/mol. The summed E-state index contributed by atoms with van der Waals surface area (Å²) in [5.74, 6) is 0.482. The molecule has 148 valence electrons. The van der Waals surface area contributed by atoms with E-state index in [0.29, 0.717) is 18.2 Å². The van der Waals surface area contributed by atoms with E-state index in [0.717, 1.165) is 35.1 Å². The minimum absolute atomic E-state index is 0.0121. The molecule has 0 bridgehead atoms. The zero-order valence-electron chi connectivity index (χ0n) is 16.1. The third-order valence-electron chi connectivity index (χ3n) is 5.13. The number of anilines is 1. The van der Waals surface area contributed by atoms with Crippen molar-refractivity contribution < 1.29 is 4.79 Å². The van der Waals surface area contributed by atoms with Crippen molar-refractivity contribution in [3.63, 3.8) is 0 Å². The van der Waals surface area contributed by atoms with E-state index in [4.69, 9.17) is 0 Å². The second-order valence-corrected chi connectivity index (χ2v) is 7.15. The van der Waals surface area contributed by atoms with Crippen LogP contribution in [0.2, 0.25) is 0 Å². The molecular formula is C22H19N7O. The predicted octanol–water partition coefficient (Wildman–Crippen LogP) is 2.49. The van der Waals surface area contributed by atoms with Crippen LogP contribution in [0.15, 0.2) is 67.4 Å². The fourth-order valence-electron chi connectivity index (χ4n) is 3.59. The summed E-state index contributed by atoms with van der Waals surface area (Å²) in [6, 6.07) is 11.1. The van der Waals surface area contributed by atoms with Gasteiger partial charge in [-0.3, -0.25) is 14.8 Å². The van der Waals surface area contributed by atoms with Gasteiger partial charge >= 0.3 is 0 Å². The zero-order valence-corrected chi connectivity index (χ0v) is 16.1. The van der Waals surface area contributed by atoms with Gasteiger partial charge in [0.05, 0.1) is 11.2 Å². The molecule has 1 atom stereocenters. The van der Waals surface area contributed by atoms with Crippen LogP contribution in [0.4, 0.5) is 5.95 Å². The smallest absolute Gasteiger partial charge is 0.270 e. The van der Waals surface area contributed by atoms with Crippen molar-refractivity contribution in [2.75, 3.05) is 18.0 Å². The molecule has 4 aromatic heterocycles. The lowest BCUT2D eigenvalue weighted by Gasteiger charge is -2.17. The highest BCUT2D eigenvalue weighted by Crippen LogP contribution is 2.21. The Morgan fingerprint density at radius 2 is 1.93 bits per heavy atom. The van der Waals surface area contributed by atoms with Gasteiger partial charge in [-0.15, -0.1) is 0 Å². The molecule has 1 unspecified atom stereocenters. The summed E-state index contributed by atoms with van der Waals surface area (Å²) in [4.78, 5) is 36.5. The van der Waals surface area contributed by atoms with Crippen molar-refractivity contribution in [3.05, 3.63) is 73.1 Å². The van der Waals surface area contributed by atoms with E-state index in [2.05, 4.69) is 35.1 Å². The van der Waals surface area contributed by atoms with Crippen molar-refractivity contribution in [1.82, 2.24) is 30.2 Å². The Labute approximate surface area is 173 Å². The summed E-state index contributed by atoms with van der Waals surface area (Å²) < 4.78 is 0. The highest BCUT2D eigenvalue weighted by atomic mass is 16.2. The molecule has 0 spiro atoms. The van der Waals surface area contributed by atoms with E-state index in [1.54, 1.807) is 43.1 Å². The zero-order chi connectivity index (χ0) is 20.3. The molecule has 1 aliphatic heterocycles. The third-order valence-corrected chi connectivity index (χ3v) is 5.13. The molecule has 30 heavy (non-hydrogen) atoms. The number of fused-ring (bicyclic) bond motifs is 1. The van der Waals surface area contributed by atoms with Gasteiger partial charge in [-0.05, 0) is 42.8 Å². The Morgan fingerprint density at radius 3 is 2.83 bits per heavy atom. The molecule has 5 heterocycles. The van der Waals surface area contributed by atoms with Crippen LogP contribution < -0.4 is 10.2 Å². The average Bonchev–Trinajstić information content (AvgIpc) is 3.28. The molecule has 1 fully saturated rings. The summed E-state index contributed by atoms with van der Waals surface area (Å²) in [7, 11) is 0. The van der Waals surface area contributed by atoms with Gasteiger partial charge in [0.15, 0.2) is 0 Å². The number of nitrogens with one attached hydrogen (secondary N) is 1. The molecule has 8 nitrogen and oxygen atoms in total. The Balaban J connectivity index is 1.27. The van der Waals surface area contributed by atoms with E-state index in [1.165, 1.54) is 0 Å². The number of rotatable bonds is 4. The Kier molecular flexibility index (Phi) is 4.72. The van der Waals surface area contributed by atoms with Crippen LogP contribution in [0.25, 0.3) is 22.2 Å². The lowest BCUT2D eigenvalue weighted by molar-refractivity contribution is 0.0935. The first-order valence-corrected chi connectivity index (χ1v) is 9.76. The molecule has 4 aromatic rings. The average molecular weight is 397 g/mol. The minimum atomic E-state index is -0.175. The van der Waals surface area contributed by atoms with Gasteiger partial charge in [0.25, 0.3) is 5.91 Å². The van der Waals surface area contributed by atoms with Crippen LogP contribution in [0.5, 0.6) is 0 Å². The maximum Gasteiger partial charge on any atom is 0.270 e. The number of nitrogens with zero attached hydrogens (tertiary/aromatic N) is 6. The standard InChI is InChI=1S/C22H19N7O/c30-21(20-4-3-16-13-24-9-5-18(16)27-20)26-17-7-11-29(14-17)22-25-10-6-19(28-22)15-2-1-8-23-12-15/h1-6,8-10,12-13,17H,7,11,14H2,(H,26,30). The first-order valence-electron chi connectivity index (χ1n) is 9.76. The van der Waals surface area contributed by atoms with Crippen LogP contribution in [-0.4, -0.2) is 50.0 Å². The normalized spacial score (nSPS) is 16.0. The quantitative estimate of drug-likeness (QED) is 0.565. The molecule has 0 aromatic carbocycles. The number of aromatic nitrogens is 5. The minimum Gasteiger partial charge on any atom is -0.346 e. The van der Waals surface area contributed by atoms with Gasteiger partial charge in [-0.25, -0.2) is 15.0 Å². The Bertz CT molecular complexity index is 1200. The van der Waals surface area contributed by atoms with E-state index in [9.17, 15) is 4.79 Å². The number of carbonyl (C=O) groups is 1. The molecule has 1 N–H and O–H groups in total. The molecule has 8 heteroatoms. The maximum atomic E-state index is 12.7. The summed E-state index contributed by atoms with van der Waals surface area (Å²) in [6.07, 6.45) is 9.50. The van der Waals surface area contributed by atoms with Crippen LogP contribution in [0, 0.1) is 0 Å². The largest absolute Gasteiger partial charge is 0.346 e. The summed E-state index contributed by atoms with van der Waals surface area (Å²) >= 11 is 0. The van der Waals surface area contributed by atoms with Gasteiger partial charge in [0.1, 0.15) is 5.69 Å². The van der Waals surface area contributed by atoms with Crippen molar-refractivity contribution in [2.24, 2.45) is 0 Å². The number of hydrogen-bond donors (Lipinski definition) is 1. The second-order valence-electron chi connectivity index (χ2n) is 7.15. The molecular weight excluding hydrogens is 378 g/mol.